The molecule has 3 rings (SSSR count). The van der Waals surface area contributed by atoms with E-state index in [1.54, 1.807) is 0 Å². The third-order valence-corrected chi connectivity index (χ3v) is 5.23. The van der Waals surface area contributed by atoms with Gasteiger partial charge in [0.2, 0.25) is 10.0 Å². The fourth-order valence-electron chi connectivity index (χ4n) is 2.66. The number of aliphatic hydroxyl groups is 1. The number of aliphatic hydroxyl groups excluding tert-OH is 1. The van der Waals surface area contributed by atoms with Crippen LogP contribution in [0.25, 0.3) is 16.9 Å². The van der Waals surface area contributed by atoms with Crippen molar-refractivity contribution in [2.75, 3.05) is 0 Å². The highest BCUT2D eigenvalue weighted by atomic mass is 35.5. The SMILES string of the molecule is NS(=O)(=O)c1ccc(-n2nc(C(F)F)cc2-c2ccc(F)c(Cl)c2)cc1CO. The monoisotopic (exact) mass is 431 g/mol. The van der Waals surface area contributed by atoms with Crippen molar-refractivity contribution in [3.05, 3.63) is 64.6 Å². The van der Waals surface area contributed by atoms with Crippen LogP contribution in [0.2, 0.25) is 5.02 Å². The maximum Gasteiger partial charge on any atom is 0.282 e. The first-order valence-corrected chi connectivity index (χ1v) is 9.64. The van der Waals surface area contributed by atoms with Crippen LogP contribution in [0.5, 0.6) is 0 Å². The molecule has 0 bridgehead atoms. The molecule has 0 aliphatic carbocycles. The molecule has 28 heavy (non-hydrogen) atoms. The highest BCUT2D eigenvalue weighted by Gasteiger charge is 2.20. The number of benzene rings is 2. The lowest BCUT2D eigenvalue weighted by Gasteiger charge is -2.12. The number of nitrogens with zero attached hydrogens (tertiary/aromatic N) is 2. The maximum atomic E-state index is 13.5. The first kappa shape index (κ1) is 20.3. The average molecular weight is 432 g/mol. The Labute approximate surface area is 163 Å². The molecule has 0 atom stereocenters. The van der Waals surface area contributed by atoms with Gasteiger partial charge in [0.1, 0.15) is 11.5 Å². The lowest BCUT2D eigenvalue weighted by Crippen LogP contribution is -2.15. The van der Waals surface area contributed by atoms with Gasteiger partial charge in [-0.2, -0.15) is 5.10 Å². The van der Waals surface area contributed by atoms with Crippen LogP contribution in [0.4, 0.5) is 13.2 Å². The van der Waals surface area contributed by atoms with E-state index in [2.05, 4.69) is 5.10 Å². The van der Waals surface area contributed by atoms with E-state index in [-0.39, 0.29) is 26.9 Å². The Morgan fingerprint density at radius 3 is 2.46 bits per heavy atom. The molecule has 0 spiro atoms. The number of rotatable bonds is 5. The quantitative estimate of drug-likeness (QED) is 0.646. The van der Waals surface area contributed by atoms with E-state index in [0.29, 0.717) is 5.56 Å². The van der Waals surface area contributed by atoms with E-state index in [4.69, 9.17) is 16.7 Å². The normalized spacial score (nSPS) is 12.0. The van der Waals surface area contributed by atoms with Gasteiger partial charge in [-0.25, -0.2) is 31.4 Å². The summed E-state index contributed by atoms with van der Waals surface area (Å²) in [5.41, 5.74) is 0.101. The molecule has 3 aromatic rings. The molecule has 0 unspecified atom stereocenters. The Hall–Kier alpha value is -2.40. The van der Waals surface area contributed by atoms with Crippen molar-refractivity contribution >= 4 is 21.6 Å². The van der Waals surface area contributed by atoms with Crippen LogP contribution in [-0.4, -0.2) is 23.3 Å². The Bertz CT molecular complexity index is 1150. The fourth-order valence-corrected chi connectivity index (χ4v) is 3.59. The van der Waals surface area contributed by atoms with Gasteiger partial charge in [-0.1, -0.05) is 11.6 Å². The van der Waals surface area contributed by atoms with Crippen molar-refractivity contribution in [3.63, 3.8) is 0 Å². The Balaban J connectivity index is 2.22. The standard InChI is InChI=1S/C17H13ClF3N3O3S/c18-12-6-9(1-3-13(12)19)15-7-14(17(20)21)23-24(15)11-2-4-16(28(22,26)27)10(5-11)8-25/h1-7,17,25H,8H2,(H2,22,26,27). The predicted molar refractivity (Wildman–Crippen MR) is 96.2 cm³/mol. The van der Waals surface area contributed by atoms with Crippen molar-refractivity contribution < 1.29 is 26.7 Å². The van der Waals surface area contributed by atoms with Gasteiger partial charge in [0.25, 0.3) is 6.43 Å². The summed E-state index contributed by atoms with van der Waals surface area (Å²) in [7, 11) is -4.09. The second-order valence-electron chi connectivity index (χ2n) is 5.79. The third-order valence-electron chi connectivity index (χ3n) is 3.93. The van der Waals surface area contributed by atoms with Crippen LogP contribution in [0, 0.1) is 5.82 Å². The summed E-state index contributed by atoms with van der Waals surface area (Å²) >= 11 is 5.78. The summed E-state index contributed by atoms with van der Waals surface area (Å²) in [5, 5.41) is 18.2. The molecule has 1 heterocycles. The molecular formula is C17H13ClF3N3O3S. The highest BCUT2D eigenvalue weighted by molar-refractivity contribution is 7.89. The fraction of sp³-hybridized carbons (Fsp3) is 0.118. The first-order valence-electron chi connectivity index (χ1n) is 7.72. The van der Waals surface area contributed by atoms with Crippen molar-refractivity contribution in [1.82, 2.24) is 9.78 Å². The molecule has 1 aromatic heterocycles. The molecule has 0 amide bonds. The number of primary sulfonamides is 1. The van der Waals surface area contributed by atoms with Gasteiger partial charge >= 0.3 is 0 Å². The summed E-state index contributed by atoms with van der Waals surface area (Å²) in [5.74, 6) is -0.675. The van der Waals surface area contributed by atoms with E-state index in [0.717, 1.165) is 22.9 Å². The Kier molecular flexibility index (Phi) is 5.48. The van der Waals surface area contributed by atoms with Gasteiger partial charge in [-0.05, 0) is 48.0 Å². The van der Waals surface area contributed by atoms with Crippen molar-refractivity contribution in [3.8, 4) is 16.9 Å². The number of hydrogen-bond acceptors (Lipinski definition) is 4. The second-order valence-corrected chi connectivity index (χ2v) is 7.73. The Morgan fingerprint density at radius 2 is 1.89 bits per heavy atom. The maximum absolute atomic E-state index is 13.5. The van der Waals surface area contributed by atoms with Crippen LogP contribution in [0.15, 0.2) is 47.4 Å². The average Bonchev–Trinajstić information content (AvgIpc) is 3.08. The summed E-state index contributed by atoms with van der Waals surface area (Å²) in [6.07, 6.45) is -2.88. The number of aromatic nitrogens is 2. The molecule has 0 aliphatic rings. The van der Waals surface area contributed by atoms with Crippen molar-refractivity contribution in [2.45, 2.75) is 17.9 Å². The van der Waals surface area contributed by atoms with Crippen LogP contribution < -0.4 is 5.14 Å². The summed E-state index contributed by atoms with van der Waals surface area (Å²) in [4.78, 5) is -0.300. The zero-order valence-electron chi connectivity index (χ0n) is 14.0. The number of hydrogen-bond donors (Lipinski definition) is 2. The van der Waals surface area contributed by atoms with Crippen molar-refractivity contribution in [2.24, 2.45) is 5.14 Å². The zero-order valence-corrected chi connectivity index (χ0v) is 15.6. The first-order chi connectivity index (χ1) is 13.1. The van der Waals surface area contributed by atoms with Gasteiger partial charge in [0, 0.05) is 5.56 Å². The topological polar surface area (TPSA) is 98.2 Å². The van der Waals surface area contributed by atoms with Crippen LogP contribution in [0.3, 0.4) is 0 Å². The molecule has 6 nitrogen and oxygen atoms in total. The highest BCUT2D eigenvalue weighted by Crippen LogP contribution is 2.31. The van der Waals surface area contributed by atoms with Gasteiger partial charge in [0.05, 0.1) is 27.9 Å². The molecule has 0 radical (unpaired) electrons. The molecule has 11 heteroatoms. The summed E-state index contributed by atoms with van der Waals surface area (Å²) < 4.78 is 64.2. The van der Waals surface area contributed by atoms with Crippen LogP contribution in [0.1, 0.15) is 17.7 Å². The van der Waals surface area contributed by atoms with Crippen molar-refractivity contribution in [1.29, 1.82) is 0 Å². The van der Waals surface area contributed by atoms with E-state index >= 15 is 0 Å². The van der Waals surface area contributed by atoms with Crippen LogP contribution >= 0.6 is 11.6 Å². The third kappa shape index (κ3) is 3.90. The number of halogens is 4. The number of sulfonamides is 1. The van der Waals surface area contributed by atoms with E-state index < -0.39 is 34.6 Å². The second kappa shape index (κ2) is 7.55. The minimum Gasteiger partial charge on any atom is -0.392 e. The molecule has 0 aliphatic heterocycles. The lowest BCUT2D eigenvalue weighted by molar-refractivity contribution is 0.145. The minimum absolute atomic E-state index is 0.0304. The van der Waals surface area contributed by atoms with Gasteiger partial charge in [-0.15, -0.1) is 0 Å². The molecule has 0 saturated heterocycles. The largest absolute Gasteiger partial charge is 0.392 e. The van der Waals surface area contributed by atoms with E-state index in [9.17, 15) is 26.7 Å². The zero-order chi connectivity index (χ0) is 20.6. The molecule has 0 fully saturated rings. The molecule has 148 valence electrons. The summed E-state index contributed by atoms with van der Waals surface area (Å²) in [6, 6.07) is 8.50. The molecule has 2 aromatic carbocycles. The van der Waals surface area contributed by atoms with Crippen LogP contribution in [-0.2, 0) is 16.6 Å². The lowest BCUT2D eigenvalue weighted by atomic mass is 10.1. The minimum atomic E-state index is -4.09. The van der Waals surface area contributed by atoms with Gasteiger partial charge in [-0.3, -0.25) is 0 Å². The van der Waals surface area contributed by atoms with Gasteiger partial charge < -0.3 is 5.11 Å². The molecule has 3 N–H and O–H groups in total. The molecular weight excluding hydrogens is 419 g/mol. The number of alkyl halides is 2. The summed E-state index contributed by atoms with van der Waals surface area (Å²) in [6.45, 7) is -0.652. The number of nitrogens with two attached hydrogens (primary N) is 1. The van der Waals surface area contributed by atoms with E-state index in [1.807, 2.05) is 0 Å². The smallest absolute Gasteiger partial charge is 0.282 e. The predicted octanol–water partition coefficient (Wildman–Crippen LogP) is 3.41. The van der Waals surface area contributed by atoms with E-state index in [1.165, 1.54) is 24.3 Å². The molecule has 0 saturated carbocycles. The Morgan fingerprint density at radius 1 is 1.18 bits per heavy atom. The van der Waals surface area contributed by atoms with Gasteiger partial charge in [0.15, 0.2) is 0 Å².